The summed E-state index contributed by atoms with van der Waals surface area (Å²) >= 11 is 1.57. The summed E-state index contributed by atoms with van der Waals surface area (Å²) in [4.78, 5) is 27.6. The van der Waals surface area contributed by atoms with Gasteiger partial charge in [-0.3, -0.25) is 9.69 Å². The highest BCUT2D eigenvalue weighted by atomic mass is 32.2. The molecule has 0 radical (unpaired) electrons. The molecular formula is C35H49N3O5S2. The molecule has 8 nitrogen and oxygen atoms in total. The molecule has 0 heterocycles. The van der Waals surface area contributed by atoms with Crippen LogP contribution in [0.5, 0.6) is 0 Å². The Morgan fingerprint density at radius 3 is 2.18 bits per heavy atom. The number of carboxylic acids is 1. The lowest BCUT2D eigenvalue weighted by molar-refractivity contribution is -0.139. The lowest BCUT2D eigenvalue weighted by Crippen LogP contribution is -2.41. The average molecular weight is 656 g/mol. The van der Waals surface area contributed by atoms with E-state index in [0.717, 1.165) is 61.2 Å². The number of amides is 1. The Morgan fingerprint density at radius 1 is 0.956 bits per heavy atom. The molecule has 0 aromatic heterocycles. The molecule has 1 amide bonds. The quantitative estimate of drug-likeness (QED) is 0.169. The summed E-state index contributed by atoms with van der Waals surface area (Å²) < 4.78 is 20.2. The van der Waals surface area contributed by atoms with E-state index >= 15 is 0 Å². The van der Waals surface area contributed by atoms with Gasteiger partial charge in [-0.15, -0.1) is 0 Å². The zero-order valence-corrected chi connectivity index (χ0v) is 28.8. The fourth-order valence-corrected chi connectivity index (χ4v) is 5.03. The molecule has 1 atom stereocenters. The van der Waals surface area contributed by atoms with E-state index in [0.29, 0.717) is 17.7 Å². The number of carbonyl (C=O) groups excluding carboxylic acids is 1. The number of sulfonamides is 1. The maximum absolute atomic E-state index is 13.4. The van der Waals surface area contributed by atoms with Crippen molar-refractivity contribution in [2.24, 2.45) is 5.14 Å². The Kier molecular flexibility index (Phi) is 16.4. The molecule has 1 unspecified atom stereocenters. The van der Waals surface area contributed by atoms with Gasteiger partial charge in [-0.2, -0.15) is 11.8 Å². The van der Waals surface area contributed by atoms with E-state index in [9.17, 15) is 23.1 Å². The van der Waals surface area contributed by atoms with Gasteiger partial charge in [0.1, 0.15) is 6.04 Å². The van der Waals surface area contributed by atoms with Crippen molar-refractivity contribution in [2.75, 3.05) is 25.1 Å². The molecule has 3 aromatic carbocycles. The monoisotopic (exact) mass is 655 g/mol. The second-order valence-electron chi connectivity index (χ2n) is 11.3. The van der Waals surface area contributed by atoms with Crippen molar-refractivity contribution < 1.29 is 23.1 Å². The summed E-state index contributed by atoms with van der Waals surface area (Å²) in [6.07, 6.45) is 5.57. The van der Waals surface area contributed by atoms with E-state index < -0.39 is 27.3 Å². The van der Waals surface area contributed by atoms with Crippen LogP contribution in [0.1, 0.15) is 67.1 Å². The van der Waals surface area contributed by atoms with Crippen molar-refractivity contribution >= 4 is 33.7 Å². The van der Waals surface area contributed by atoms with Crippen LogP contribution in [-0.2, 0) is 27.8 Å². The van der Waals surface area contributed by atoms with Crippen LogP contribution in [0, 0.1) is 6.92 Å². The normalized spacial score (nSPS) is 12.0. The van der Waals surface area contributed by atoms with Crippen molar-refractivity contribution in [2.45, 2.75) is 71.2 Å². The zero-order chi connectivity index (χ0) is 33.4. The van der Waals surface area contributed by atoms with E-state index in [4.69, 9.17) is 0 Å². The first-order chi connectivity index (χ1) is 21.4. The maximum atomic E-state index is 13.4. The van der Waals surface area contributed by atoms with Crippen LogP contribution in [-0.4, -0.2) is 66.7 Å². The topological polar surface area (TPSA) is 130 Å². The SMILES string of the molecule is CC(C)S(N)(=O)=O.CCCCN(CCc1ccccc1)Cc1ccc(C(=O)NC(CCSC)C(=O)O)c(-c2ccccc2C)c1. The Bertz CT molecular complexity index is 1460. The number of primary sulfonamides is 1. The fraction of sp³-hybridized carbons (Fsp3) is 0.429. The number of carboxylic acid groups (broad SMARTS) is 1. The summed E-state index contributed by atoms with van der Waals surface area (Å²) in [5.74, 6) is -0.695. The standard InChI is InChI=1S/C32H40N2O3S.C3H9NO2S/c1-4-5-19-34(20-17-25-12-7-6-8-13-25)23-26-15-16-28(29(22-26)27-14-10-9-11-24(27)2)31(35)33-30(32(36)37)18-21-38-3;1-3(2)7(4,5)6/h6-16,22,30H,4-5,17-21,23H2,1-3H3,(H,33,35)(H,36,37);3H,1-2H3,(H2,4,5,6). The van der Waals surface area contributed by atoms with Gasteiger partial charge in [0.2, 0.25) is 10.0 Å². The highest BCUT2D eigenvalue weighted by Crippen LogP contribution is 2.29. The number of aliphatic carboxylic acids is 1. The molecular weight excluding hydrogens is 607 g/mol. The minimum atomic E-state index is -3.24. The van der Waals surface area contributed by atoms with E-state index in [1.165, 1.54) is 19.4 Å². The first kappa shape index (κ1) is 38.0. The Morgan fingerprint density at radius 2 is 1.60 bits per heavy atom. The van der Waals surface area contributed by atoms with Crippen molar-refractivity contribution in [1.29, 1.82) is 0 Å². The largest absolute Gasteiger partial charge is 0.480 e. The second-order valence-corrected chi connectivity index (χ2v) is 14.5. The zero-order valence-electron chi connectivity index (χ0n) is 27.2. The molecule has 10 heteroatoms. The number of nitrogens with two attached hydrogens (primary N) is 1. The Hall–Kier alpha value is -3.18. The third-order valence-electron chi connectivity index (χ3n) is 7.43. The Balaban J connectivity index is 0.000000900. The molecule has 0 saturated carbocycles. The number of benzene rings is 3. The highest BCUT2D eigenvalue weighted by Gasteiger charge is 2.23. The van der Waals surface area contributed by atoms with Crippen LogP contribution < -0.4 is 10.5 Å². The number of aryl methyl sites for hydroxylation is 1. The highest BCUT2D eigenvalue weighted by molar-refractivity contribution is 7.98. The third kappa shape index (κ3) is 13.4. The van der Waals surface area contributed by atoms with Gasteiger partial charge in [0.05, 0.1) is 5.25 Å². The van der Waals surface area contributed by atoms with Gasteiger partial charge in [-0.05, 0) is 98.5 Å². The smallest absolute Gasteiger partial charge is 0.326 e. The third-order valence-corrected chi connectivity index (χ3v) is 9.39. The van der Waals surface area contributed by atoms with Crippen LogP contribution in [0.15, 0.2) is 72.8 Å². The minimum absolute atomic E-state index is 0.352. The molecule has 0 bridgehead atoms. The van der Waals surface area contributed by atoms with Crippen LogP contribution in [0.3, 0.4) is 0 Å². The van der Waals surface area contributed by atoms with Crippen molar-refractivity contribution in [3.63, 3.8) is 0 Å². The van der Waals surface area contributed by atoms with Crippen molar-refractivity contribution in [3.8, 4) is 11.1 Å². The number of hydrogen-bond acceptors (Lipinski definition) is 6. The van der Waals surface area contributed by atoms with Crippen LogP contribution >= 0.6 is 11.8 Å². The van der Waals surface area contributed by atoms with Gasteiger partial charge in [0.15, 0.2) is 0 Å². The first-order valence-electron chi connectivity index (χ1n) is 15.4. The van der Waals surface area contributed by atoms with Crippen molar-refractivity contribution in [1.82, 2.24) is 10.2 Å². The van der Waals surface area contributed by atoms with Gasteiger partial charge in [0.25, 0.3) is 5.91 Å². The molecule has 3 rings (SSSR count). The molecule has 0 spiro atoms. The molecule has 0 aliphatic rings. The molecule has 0 saturated heterocycles. The number of hydrogen-bond donors (Lipinski definition) is 3. The number of thioether (sulfide) groups is 1. The molecule has 0 aliphatic heterocycles. The van der Waals surface area contributed by atoms with Gasteiger partial charge in [0, 0.05) is 18.7 Å². The van der Waals surface area contributed by atoms with Gasteiger partial charge >= 0.3 is 5.97 Å². The van der Waals surface area contributed by atoms with E-state index in [1.54, 1.807) is 11.8 Å². The number of rotatable bonds is 16. The molecule has 3 aromatic rings. The number of carbonyl (C=O) groups is 2. The lowest BCUT2D eigenvalue weighted by Gasteiger charge is -2.23. The summed E-state index contributed by atoms with van der Waals surface area (Å²) in [6, 6.07) is 23.6. The van der Waals surface area contributed by atoms with Gasteiger partial charge < -0.3 is 10.4 Å². The number of unbranched alkanes of at least 4 members (excludes halogenated alkanes) is 1. The van der Waals surface area contributed by atoms with E-state index in [1.807, 2.05) is 55.6 Å². The predicted octanol–water partition coefficient (Wildman–Crippen LogP) is 6.13. The average Bonchev–Trinajstić information content (AvgIpc) is 3.00. The number of nitrogens with one attached hydrogen (secondary N) is 1. The summed E-state index contributed by atoms with van der Waals surface area (Å²) in [6.45, 7) is 10.1. The summed E-state index contributed by atoms with van der Waals surface area (Å²) in [5.41, 5.74) is 5.87. The fourth-order valence-electron chi connectivity index (χ4n) is 4.56. The predicted molar refractivity (Wildman–Crippen MR) is 187 cm³/mol. The van der Waals surface area contributed by atoms with Crippen LogP contribution in [0.4, 0.5) is 0 Å². The number of nitrogens with zero attached hydrogens (tertiary/aromatic N) is 1. The summed E-state index contributed by atoms with van der Waals surface area (Å²) in [5, 5.41) is 16.6. The first-order valence-corrected chi connectivity index (χ1v) is 18.4. The van der Waals surface area contributed by atoms with Gasteiger partial charge in [-0.25, -0.2) is 18.4 Å². The van der Waals surface area contributed by atoms with Gasteiger partial charge in [-0.1, -0.05) is 74.0 Å². The Labute approximate surface area is 273 Å². The van der Waals surface area contributed by atoms with Crippen LogP contribution in [0.2, 0.25) is 0 Å². The molecule has 0 fully saturated rings. The van der Waals surface area contributed by atoms with E-state index in [-0.39, 0.29) is 5.91 Å². The molecule has 0 aliphatic carbocycles. The lowest BCUT2D eigenvalue weighted by atomic mass is 9.93. The molecule has 4 N–H and O–H groups in total. The maximum Gasteiger partial charge on any atom is 0.326 e. The molecule has 246 valence electrons. The van der Waals surface area contributed by atoms with Crippen molar-refractivity contribution in [3.05, 3.63) is 95.1 Å². The van der Waals surface area contributed by atoms with Crippen LogP contribution in [0.25, 0.3) is 11.1 Å². The summed E-state index contributed by atoms with van der Waals surface area (Å²) in [7, 11) is -3.24. The molecule has 45 heavy (non-hydrogen) atoms. The second kappa shape index (κ2) is 19.4. The minimum Gasteiger partial charge on any atom is -0.480 e. The van der Waals surface area contributed by atoms with E-state index in [2.05, 4.69) is 52.6 Å².